The van der Waals surface area contributed by atoms with E-state index in [9.17, 15) is 9.59 Å². The van der Waals surface area contributed by atoms with Crippen molar-refractivity contribution in [2.24, 2.45) is 11.1 Å². The fourth-order valence-electron chi connectivity index (χ4n) is 5.08. The van der Waals surface area contributed by atoms with Gasteiger partial charge >= 0.3 is 6.03 Å². The van der Waals surface area contributed by atoms with Crippen LogP contribution in [0, 0.1) is 12.3 Å². The Morgan fingerprint density at radius 1 is 1.20 bits per heavy atom. The number of thioether (sulfide) groups is 1. The Hall–Kier alpha value is -3.79. The molecule has 0 spiro atoms. The van der Waals surface area contributed by atoms with E-state index in [4.69, 9.17) is 5.73 Å². The number of aromatic nitrogens is 3. The molecule has 10 heteroatoms. The maximum absolute atomic E-state index is 12.3. The molecule has 210 valence electrons. The summed E-state index contributed by atoms with van der Waals surface area (Å²) < 4.78 is 0. The fourth-order valence-corrected chi connectivity index (χ4v) is 6.25. The molecule has 1 atom stereocenters. The number of allylic oxidation sites excluding steroid dienone is 1. The second kappa shape index (κ2) is 10.6. The first-order chi connectivity index (χ1) is 18.9. The number of primary amides is 1. The molecular formula is C30H37N7O2S. The van der Waals surface area contributed by atoms with E-state index in [2.05, 4.69) is 79.2 Å². The monoisotopic (exact) mass is 559 g/mol. The number of nitrogens with one attached hydrogen (secondary N) is 1. The van der Waals surface area contributed by atoms with E-state index in [0.29, 0.717) is 19.6 Å². The van der Waals surface area contributed by atoms with Crippen molar-refractivity contribution in [3.63, 3.8) is 0 Å². The lowest BCUT2D eigenvalue weighted by molar-refractivity contribution is -0.119. The van der Waals surface area contributed by atoms with Crippen LogP contribution in [-0.2, 0) is 11.3 Å². The summed E-state index contributed by atoms with van der Waals surface area (Å²) >= 11 is 1.54. The summed E-state index contributed by atoms with van der Waals surface area (Å²) in [7, 11) is 3.55. The van der Waals surface area contributed by atoms with E-state index in [1.165, 1.54) is 5.57 Å². The fraction of sp³-hybridized carbons (Fsp3) is 0.400. The standard InChI is InChI=1S/C30H37N7O2S/c1-18-13-20(7-8-21(18)15-37-16-24(30(2,3)4)40-28(37)27(31)38)25-26-23(32-17-33-25)14-22(34-26)19-9-11-36(12-10-19)29(39)35(5)6/h7-9,13-14,16-17,28,34H,10-12,15H2,1-6H3,(H2,31,38). The highest BCUT2D eigenvalue weighted by Crippen LogP contribution is 2.44. The predicted molar refractivity (Wildman–Crippen MR) is 161 cm³/mol. The van der Waals surface area contributed by atoms with Crippen LogP contribution in [0.25, 0.3) is 27.9 Å². The molecule has 3 aromatic rings. The number of hydrogen-bond acceptors (Lipinski definition) is 6. The van der Waals surface area contributed by atoms with Crippen molar-refractivity contribution >= 4 is 40.3 Å². The lowest BCUT2D eigenvalue weighted by Crippen LogP contribution is -2.41. The van der Waals surface area contributed by atoms with Crippen LogP contribution < -0.4 is 5.73 Å². The number of nitrogens with zero attached hydrogens (tertiary/aromatic N) is 5. The number of fused-ring (bicyclic) bond motifs is 1. The Morgan fingerprint density at radius 2 is 1.98 bits per heavy atom. The second-order valence-corrected chi connectivity index (χ2v) is 12.8. The van der Waals surface area contributed by atoms with Gasteiger partial charge in [-0.1, -0.05) is 50.7 Å². The molecule has 1 aromatic carbocycles. The average molecular weight is 560 g/mol. The number of benzene rings is 1. The number of carbonyl (C=O) groups excluding carboxylic acids is 2. The van der Waals surface area contributed by atoms with Gasteiger partial charge in [0, 0.05) is 56.1 Å². The number of H-pyrrole nitrogens is 1. The van der Waals surface area contributed by atoms with Crippen molar-refractivity contribution in [1.29, 1.82) is 0 Å². The number of nitrogens with two attached hydrogens (primary N) is 1. The molecule has 0 bridgehead atoms. The minimum Gasteiger partial charge on any atom is -0.367 e. The molecule has 3 N–H and O–H groups in total. The molecule has 9 nitrogen and oxygen atoms in total. The van der Waals surface area contributed by atoms with Crippen molar-refractivity contribution in [2.45, 2.75) is 46.0 Å². The maximum Gasteiger partial charge on any atom is 0.319 e. The van der Waals surface area contributed by atoms with Gasteiger partial charge in [-0.25, -0.2) is 14.8 Å². The lowest BCUT2D eigenvalue weighted by atomic mass is 9.96. The average Bonchev–Trinajstić information content (AvgIpc) is 3.54. The second-order valence-electron chi connectivity index (χ2n) is 11.7. The van der Waals surface area contributed by atoms with E-state index in [-0.39, 0.29) is 17.4 Å². The van der Waals surface area contributed by atoms with Gasteiger partial charge in [-0.15, -0.1) is 0 Å². The van der Waals surface area contributed by atoms with Crippen molar-refractivity contribution in [3.8, 4) is 11.3 Å². The number of aryl methyl sites for hydroxylation is 1. The molecule has 5 rings (SSSR count). The minimum atomic E-state index is -0.408. The van der Waals surface area contributed by atoms with Crippen LogP contribution in [-0.4, -0.2) is 74.1 Å². The third-order valence-corrected chi connectivity index (χ3v) is 9.10. The number of amides is 3. The van der Waals surface area contributed by atoms with Gasteiger partial charge in [0.1, 0.15) is 6.33 Å². The molecule has 0 saturated heterocycles. The van der Waals surface area contributed by atoms with Gasteiger partial charge in [0.05, 0.1) is 16.7 Å². The molecule has 2 aliphatic rings. The van der Waals surface area contributed by atoms with Crippen LogP contribution in [0.15, 0.2) is 47.8 Å². The summed E-state index contributed by atoms with van der Waals surface area (Å²) in [5, 5.41) is -0.408. The van der Waals surface area contributed by atoms with Gasteiger partial charge in [-0.3, -0.25) is 4.79 Å². The topological polar surface area (TPSA) is 111 Å². The molecule has 0 aliphatic carbocycles. The predicted octanol–water partition coefficient (Wildman–Crippen LogP) is 4.95. The van der Waals surface area contributed by atoms with Crippen LogP contribution in [0.5, 0.6) is 0 Å². The molecular weight excluding hydrogens is 522 g/mol. The minimum absolute atomic E-state index is 0.0261. The molecule has 0 saturated carbocycles. The van der Waals surface area contributed by atoms with E-state index in [0.717, 1.165) is 50.4 Å². The van der Waals surface area contributed by atoms with Gasteiger partial charge in [-0.2, -0.15) is 0 Å². The SMILES string of the molecule is Cc1cc(-c2ncnc3cc(C4=CCN(C(=O)N(C)C)CC4)[nH]c23)ccc1CN1C=C(C(C)(C)C)SC1C(N)=O. The summed E-state index contributed by atoms with van der Waals surface area (Å²) in [6.07, 6.45) is 6.56. The molecule has 40 heavy (non-hydrogen) atoms. The Bertz CT molecular complexity index is 1530. The summed E-state index contributed by atoms with van der Waals surface area (Å²) in [5.74, 6) is -0.328. The summed E-state index contributed by atoms with van der Waals surface area (Å²) in [4.78, 5) is 43.8. The van der Waals surface area contributed by atoms with Crippen LogP contribution >= 0.6 is 11.8 Å². The highest BCUT2D eigenvalue weighted by atomic mass is 32.2. The highest BCUT2D eigenvalue weighted by molar-refractivity contribution is 8.04. The zero-order valence-corrected chi connectivity index (χ0v) is 24.8. The largest absolute Gasteiger partial charge is 0.367 e. The normalized spacial score (nSPS) is 17.7. The summed E-state index contributed by atoms with van der Waals surface area (Å²) in [5.41, 5.74) is 13.7. The Kier molecular flexibility index (Phi) is 7.39. The molecule has 4 heterocycles. The van der Waals surface area contributed by atoms with Crippen molar-refractivity contribution in [1.82, 2.24) is 29.7 Å². The Morgan fingerprint density at radius 3 is 2.60 bits per heavy atom. The Balaban J connectivity index is 1.39. The van der Waals surface area contributed by atoms with Gasteiger partial charge < -0.3 is 25.4 Å². The summed E-state index contributed by atoms with van der Waals surface area (Å²) in [6.45, 7) is 10.4. The number of hydrogen-bond donors (Lipinski definition) is 2. The number of rotatable bonds is 5. The van der Waals surface area contributed by atoms with Gasteiger partial charge in [-0.05, 0) is 47.6 Å². The number of aromatic amines is 1. The third kappa shape index (κ3) is 5.45. The molecule has 0 fully saturated rings. The van der Waals surface area contributed by atoms with Crippen molar-refractivity contribution in [3.05, 3.63) is 64.6 Å². The lowest BCUT2D eigenvalue weighted by Gasteiger charge is -2.28. The van der Waals surface area contributed by atoms with Crippen molar-refractivity contribution in [2.75, 3.05) is 27.2 Å². The quantitative estimate of drug-likeness (QED) is 0.458. The van der Waals surface area contributed by atoms with E-state index >= 15 is 0 Å². The number of urea groups is 1. The summed E-state index contributed by atoms with van der Waals surface area (Å²) in [6, 6.07) is 8.41. The van der Waals surface area contributed by atoms with Crippen LogP contribution in [0.1, 0.15) is 44.0 Å². The molecule has 3 amide bonds. The molecule has 2 aliphatic heterocycles. The first kappa shape index (κ1) is 27.8. The molecule has 2 aromatic heterocycles. The first-order valence-electron chi connectivity index (χ1n) is 13.5. The van der Waals surface area contributed by atoms with Crippen LogP contribution in [0.4, 0.5) is 4.79 Å². The zero-order chi connectivity index (χ0) is 28.8. The Labute approximate surface area is 239 Å². The molecule has 1 unspecified atom stereocenters. The zero-order valence-electron chi connectivity index (χ0n) is 24.0. The van der Waals surface area contributed by atoms with Gasteiger partial charge in [0.15, 0.2) is 5.37 Å². The third-order valence-electron chi connectivity index (χ3n) is 7.40. The smallest absolute Gasteiger partial charge is 0.319 e. The van der Waals surface area contributed by atoms with Crippen LogP contribution in [0.3, 0.4) is 0 Å². The van der Waals surface area contributed by atoms with Crippen molar-refractivity contribution < 1.29 is 9.59 Å². The highest BCUT2D eigenvalue weighted by Gasteiger charge is 2.34. The van der Waals surface area contributed by atoms with E-state index in [1.54, 1.807) is 37.1 Å². The van der Waals surface area contributed by atoms with E-state index in [1.807, 2.05) is 9.80 Å². The van der Waals surface area contributed by atoms with E-state index < -0.39 is 5.37 Å². The maximum atomic E-state index is 12.3. The molecule has 0 radical (unpaired) electrons. The van der Waals surface area contributed by atoms with Gasteiger partial charge in [0.25, 0.3) is 5.91 Å². The first-order valence-corrected chi connectivity index (χ1v) is 14.3. The van der Waals surface area contributed by atoms with Crippen LogP contribution in [0.2, 0.25) is 0 Å². The van der Waals surface area contributed by atoms with Gasteiger partial charge in [0.2, 0.25) is 0 Å². The number of carbonyl (C=O) groups is 2.